The fraction of sp³-hybridized carbons (Fsp3) is 0.440. The molecular formula is C25H34N4O4S. The van der Waals surface area contributed by atoms with Crippen LogP contribution < -0.4 is 16.0 Å². The SMILES string of the molecule is C=c1[nH]c(-c2ccc(CN3CCS(=O)(=O)CC3)cc2)n/c1=C(/C=C\CC)C(=O)NCCCOC. The number of rotatable bonds is 10. The fourth-order valence-corrected chi connectivity index (χ4v) is 4.99. The van der Waals surface area contributed by atoms with Gasteiger partial charge in [0.1, 0.15) is 11.2 Å². The summed E-state index contributed by atoms with van der Waals surface area (Å²) in [5.74, 6) is 0.892. The average Bonchev–Trinajstić information content (AvgIpc) is 3.20. The highest BCUT2D eigenvalue weighted by molar-refractivity contribution is 7.91. The minimum atomic E-state index is -2.88. The number of H-pyrrole nitrogens is 1. The number of carbonyl (C=O) groups is 1. The first kappa shape index (κ1) is 25.9. The van der Waals surface area contributed by atoms with E-state index in [-0.39, 0.29) is 17.4 Å². The number of methoxy groups -OCH3 is 1. The molecule has 1 aromatic carbocycles. The number of hydrogen-bond donors (Lipinski definition) is 2. The van der Waals surface area contributed by atoms with Crippen LogP contribution in [0, 0.1) is 0 Å². The summed E-state index contributed by atoms with van der Waals surface area (Å²) in [6, 6.07) is 8.00. The normalized spacial score (nSPS) is 17.1. The van der Waals surface area contributed by atoms with Crippen molar-refractivity contribution in [2.24, 2.45) is 0 Å². The first-order valence-electron chi connectivity index (χ1n) is 11.6. The molecule has 0 unspecified atom stereocenters. The van der Waals surface area contributed by atoms with E-state index < -0.39 is 9.84 Å². The van der Waals surface area contributed by atoms with Crippen molar-refractivity contribution in [3.05, 3.63) is 52.7 Å². The second kappa shape index (κ2) is 12.1. The largest absolute Gasteiger partial charge is 0.385 e. The number of hydrogen-bond acceptors (Lipinski definition) is 6. The Kier molecular flexibility index (Phi) is 9.20. The number of aromatic nitrogens is 2. The maximum absolute atomic E-state index is 12.8. The summed E-state index contributed by atoms with van der Waals surface area (Å²) in [7, 11) is -1.25. The lowest BCUT2D eigenvalue weighted by Gasteiger charge is -2.26. The van der Waals surface area contributed by atoms with Crippen LogP contribution in [-0.2, 0) is 25.9 Å². The van der Waals surface area contributed by atoms with Gasteiger partial charge in [-0.2, -0.15) is 0 Å². The number of aromatic amines is 1. The van der Waals surface area contributed by atoms with Crippen molar-refractivity contribution in [1.82, 2.24) is 20.2 Å². The number of allylic oxidation sites excluding steroid dienone is 1. The molecule has 1 saturated heterocycles. The molecule has 1 amide bonds. The summed E-state index contributed by atoms with van der Waals surface area (Å²) in [4.78, 5) is 22.9. The van der Waals surface area contributed by atoms with Gasteiger partial charge >= 0.3 is 0 Å². The number of nitrogens with one attached hydrogen (secondary N) is 2. The Morgan fingerprint density at radius 3 is 2.62 bits per heavy atom. The molecule has 8 nitrogen and oxygen atoms in total. The van der Waals surface area contributed by atoms with Gasteiger partial charge in [0, 0.05) is 45.5 Å². The van der Waals surface area contributed by atoms with Gasteiger partial charge in [0.25, 0.3) is 5.91 Å². The predicted octanol–water partition coefficient (Wildman–Crippen LogP) is 0.987. The number of benzene rings is 1. The molecular weight excluding hydrogens is 452 g/mol. The van der Waals surface area contributed by atoms with E-state index in [2.05, 4.69) is 21.8 Å². The van der Waals surface area contributed by atoms with E-state index in [0.717, 1.165) is 24.0 Å². The van der Waals surface area contributed by atoms with Gasteiger partial charge in [-0.15, -0.1) is 0 Å². The van der Waals surface area contributed by atoms with Crippen LogP contribution >= 0.6 is 0 Å². The van der Waals surface area contributed by atoms with Crippen LogP contribution in [0.25, 0.3) is 23.5 Å². The highest BCUT2D eigenvalue weighted by Crippen LogP contribution is 2.16. The molecule has 0 atom stereocenters. The highest BCUT2D eigenvalue weighted by atomic mass is 32.2. The molecule has 1 fully saturated rings. The molecule has 0 saturated carbocycles. The first-order valence-corrected chi connectivity index (χ1v) is 13.4. The van der Waals surface area contributed by atoms with Crippen LogP contribution in [0.2, 0.25) is 0 Å². The van der Waals surface area contributed by atoms with Crippen LogP contribution in [0.1, 0.15) is 25.3 Å². The highest BCUT2D eigenvalue weighted by Gasteiger charge is 2.21. The third kappa shape index (κ3) is 7.12. The van der Waals surface area contributed by atoms with Gasteiger partial charge in [-0.1, -0.05) is 49.9 Å². The third-order valence-electron chi connectivity index (χ3n) is 5.68. The molecule has 1 aliphatic rings. The molecule has 0 aliphatic carbocycles. The van der Waals surface area contributed by atoms with Crippen molar-refractivity contribution in [1.29, 1.82) is 0 Å². The van der Waals surface area contributed by atoms with E-state index in [1.54, 1.807) is 13.2 Å². The van der Waals surface area contributed by atoms with E-state index >= 15 is 0 Å². The lowest BCUT2D eigenvalue weighted by Crippen LogP contribution is -2.39. The summed E-state index contributed by atoms with van der Waals surface area (Å²) in [6.45, 7) is 9.02. The summed E-state index contributed by atoms with van der Waals surface area (Å²) in [6.07, 6.45) is 5.25. The van der Waals surface area contributed by atoms with Crippen molar-refractivity contribution in [3.8, 4) is 11.4 Å². The van der Waals surface area contributed by atoms with E-state index in [1.165, 1.54) is 0 Å². The molecule has 1 aliphatic heterocycles. The maximum Gasteiger partial charge on any atom is 0.253 e. The van der Waals surface area contributed by atoms with Crippen LogP contribution in [0.5, 0.6) is 0 Å². The molecule has 34 heavy (non-hydrogen) atoms. The fourth-order valence-electron chi connectivity index (χ4n) is 3.71. The predicted molar refractivity (Wildman–Crippen MR) is 135 cm³/mol. The zero-order chi connectivity index (χ0) is 24.6. The molecule has 1 aromatic heterocycles. The monoisotopic (exact) mass is 486 g/mol. The number of nitrogens with zero attached hydrogens (tertiary/aromatic N) is 2. The topological polar surface area (TPSA) is 104 Å². The van der Waals surface area contributed by atoms with Crippen molar-refractivity contribution in [2.45, 2.75) is 26.3 Å². The smallest absolute Gasteiger partial charge is 0.253 e. The molecule has 2 aromatic rings. The van der Waals surface area contributed by atoms with E-state index in [4.69, 9.17) is 9.72 Å². The summed E-state index contributed by atoms with van der Waals surface area (Å²) in [5, 5.41) is 4.03. The minimum absolute atomic E-state index is 0.192. The molecule has 3 rings (SSSR count). The van der Waals surface area contributed by atoms with Gasteiger partial charge < -0.3 is 15.0 Å². The van der Waals surface area contributed by atoms with Crippen molar-refractivity contribution in [2.75, 3.05) is 44.9 Å². The van der Waals surface area contributed by atoms with Gasteiger partial charge in [0.15, 0.2) is 9.84 Å². The molecule has 0 spiro atoms. The average molecular weight is 487 g/mol. The molecule has 9 heteroatoms. The summed E-state index contributed by atoms with van der Waals surface area (Å²) >= 11 is 0. The lowest BCUT2D eigenvalue weighted by molar-refractivity contribution is -0.115. The second-order valence-corrected chi connectivity index (χ2v) is 10.7. The number of sulfone groups is 1. The van der Waals surface area contributed by atoms with Crippen molar-refractivity contribution in [3.63, 3.8) is 0 Å². The lowest BCUT2D eigenvalue weighted by atomic mass is 10.1. The number of ether oxygens (including phenoxy) is 1. The van der Waals surface area contributed by atoms with Gasteiger partial charge in [0.05, 0.1) is 22.4 Å². The number of amides is 1. The zero-order valence-electron chi connectivity index (χ0n) is 20.0. The second-order valence-electron chi connectivity index (χ2n) is 8.36. The maximum atomic E-state index is 12.8. The Bertz CT molecular complexity index is 1200. The van der Waals surface area contributed by atoms with Crippen LogP contribution in [0.4, 0.5) is 0 Å². The quantitative estimate of drug-likeness (QED) is 0.486. The Balaban J connectivity index is 1.78. The summed E-state index contributed by atoms with van der Waals surface area (Å²) in [5.41, 5.74) is 2.47. The molecule has 184 valence electrons. The van der Waals surface area contributed by atoms with Crippen LogP contribution in [0.3, 0.4) is 0 Å². The summed E-state index contributed by atoms with van der Waals surface area (Å²) < 4.78 is 28.3. The Labute approximate surface area is 201 Å². The number of carbonyl (C=O) groups excluding carboxylic acids is 1. The molecule has 2 heterocycles. The van der Waals surface area contributed by atoms with Gasteiger partial charge in [-0.3, -0.25) is 9.69 Å². The van der Waals surface area contributed by atoms with Gasteiger partial charge in [-0.05, 0) is 18.4 Å². The minimum Gasteiger partial charge on any atom is -0.385 e. The van der Waals surface area contributed by atoms with Gasteiger partial charge in [-0.25, -0.2) is 13.4 Å². The zero-order valence-corrected chi connectivity index (χ0v) is 20.8. The molecule has 0 radical (unpaired) electrons. The van der Waals surface area contributed by atoms with E-state index in [1.807, 2.05) is 37.3 Å². The Morgan fingerprint density at radius 2 is 1.97 bits per heavy atom. The standard InChI is InChI=1S/C25H34N4O4S/c1-4-5-7-22(25(30)26-12-6-15-33-3)23-19(2)27-24(28-23)21-10-8-20(9-11-21)18-29-13-16-34(31,32)17-14-29/h5,7-11H,2,4,6,12-18H2,1,3H3,(H,26,30)(H,27,28)/b7-5-,23-22-. The van der Waals surface area contributed by atoms with Crippen LogP contribution in [0.15, 0.2) is 36.4 Å². The van der Waals surface area contributed by atoms with Crippen molar-refractivity contribution < 1.29 is 17.9 Å². The van der Waals surface area contributed by atoms with E-state index in [0.29, 0.717) is 54.9 Å². The number of imidazole rings is 1. The third-order valence-corrected chi connectivity index (χ3v) is 7.29. The first-order chi connectivity index (χ1) is 16.3. The Hall–Kier alpha value is -2.75. The van der Waals surface area contributed by atoms with Gasteiger partial charge in [0.2, 0.25) is 0 Å². The Morgan fingerprint density at radius 1 is 1.26 bits per heavy atom. The van der Waals surface area contributed by atoms with E-state index in [9.17, 15) is 13.2 Å². The molecule has 0 bridgehead atoms. The molecule has 2 N–H and O–H groups in total. The van der Waals surface area contributed by atoms with Crippen LogP contribution in [-0.4, -0.2) is 74.0 Å². The van der Waals surface area contributed by atoms with Crippen molar-refractivity contribution >= 4 is 27.9 Å².